The van der Waals surface area contributed by atoms with Crippen LogP contribution in [0, 0.1) is 0 Å². The Labute approximate surface area is 179 Å². The summed E-state index contributed by atoms with van der Waals surface area (Å²) in [4.78, 5) is 27.9. The molecule has 1 saturated heterocycles. The maximum atomic E-state index is 13.0. The van der Waals surface area contributed by atoms with Gasteiger partial charge in [-0.05, 0) is 29.7 Å². The molecular formula is C21H18BrF3N2O3. The minimum atomic E-state index is -5.11. The lowest BCUT2D eigenvalue weighted by molar-refractivity contribution is -0.221. The van der Waals surface area contributed by atoms with Crippen LogP contribution in [0.15, 0.2) is 53.0 Å². The first-order chi connectivity index (χ1) is 14.2. The van der Waals surface area contributed by atoms with Crippen molar-refractivity contribution in [2.75, 3.05) is 13.1 Å². The molecule has 2 atom stereocenters. The fourth-order valence-corrected chi connectivity index (χ4v) is 4.37. The largest absolute Gasteiger partial charge is 0.490 e. The number of amides is 1. The molecule has 4 rings (SSSR count). The Balaban J connectivity index is 1.67. The zero-order valence-corrected chi connectivity index (χ0v) is 17.3. The van der Waals surface area contributed by atoms with E-state index in [1.54, 1.807) is 23.1 Å². The Morgan fingerprint density at radius 1 is 1.13 bits per heavy atom. The van der Waals surface area contributed by atoms with Crippen molar-refractivity contribution in [3.05, 3.63) is 69.7 Å². The third-order valence-corrected chi connectivity index (χ3v) is 5.89. The molecule has 9 heteroatoms. The molecule has 0 saturated carbocycles. The van der Waals surface area contributed by atoms with Gasteiger partial charge >= 0.3 is 12.1 Å². The molecule has 2 heterocycles. The molecule has 0 bridgehead atoms. The summed E-state index contributed by atoms with van der Waals surface area (Å²) in [7, 11) is 0. The summed E-state index contributed by atoms with van der Waals surface area (Å²) in [6.07, 6.45) is -6.01. The molecular weight excluding hydrogens is 465 g/mol. The molecule has 0 spiro atoms. The van der Waals surface area contributed by atoms with Crippen molar-refractivity contribution in [2.24, 2.45) is 0 Å². The van der Waals surface area contributed by atoms with Crippen LogP contribution in [0.5, 0.6) is 0 Å². The second-order valence-electron chi connectivity index (χ2n) is 7.32. The first-order valence-corrected chi connectivity index (χ1v) is 10.2. The average Bonchev–Trinajstić information content (AvgIpc) is 2.70. The molecule has 2 aliphatic heterocycles. The lowest BCUT2D eigenvalue weighted by Crippen LogP contribution is -2.64. The van der Waals surface area contributed by atoms with E-state index in [2.05, 4.69) is 15.9 Å². The second kappa shape index (κ2) is 8.03. The number of piperazine rings is 1. The van der Waals surface area contributed by atoms with Gasteiger partial charge in [-0.25, -0.2) is 4.79 Å². The normalized spacial score (nSPS) is 21.7. The SMILES string of the molecule is O=C1c2cc(Br)ccc2CC2C(OC(=O)C(F)(F)F)N(Cc3ccccc3)CCN12. The zero-order valence-electron chi connectivity index (χ0n) is 15.7. The first kappa shape index (κ1) is 20.9. The van der Waals surface area contributed by atoms with Gasteiger partial charge in [-0.1, -0.05) is 52.3 Å². The van der Waals surface area contributed by atoms with E-state index < -0.39 is 24.4 Å². The number of hydrogen-bond donors (Lipinski definition) is 0. The van der Waals surface area contributed by atoms with E-state index in [-0.39, 0.29) is 12.5 Å². The lowest BCUT2D eigenvalue weighted by atomic mass is 9.90. The molecule has 2 unspecified atom stereocenters. The van der Waals surface area contributed by atoms with E-state index in [1.165, 1.54) is 4.90 Å². The molecule has 1 amide bonds. The van der Waals surface area contributed by atoms with Crippen LogP contribution in [0.4, 0.5) is 13.2 Å². The summed E-state index contributed by atoms with van der Waals surface area (Å²) in [6.45, 7) is 0.932. The number of ether oxygens (including phenoxy) is 1. The molecule has 30 heavy (non-hydrogen) atoms. The number of carbonyl (C=O) groups is 2. The van der Waals surface area contributed by atoms with E-state index in [4.69, 9.17) is 4.74 Å². The average molecular weight is 483 g/mol. The maximum absolute atomic E-state index is 13.0. The fourth-order valence-electron chi connectivity index (χ4n) is 4.01. The Morgan fingerprint density at radius 2 is 1.87 bits per heavy atom. The van der Waals surface area contributed by atoms with Crippen molar-refractivity contribution >= 4 is 27.8 Å². The third kappa shape index (κ3) is 4.09. The summed E-state index contributed by atoms with van der Waals surface area (Å²) in [5, 5.41) is 0. The van der Waals surface area contributed by atoms with Gasteiger partial charge in [-0.15, -0.1) is 0 Å². The highest BCUT2D eigenvalue weighted by Gasteiger charge is 2.49. The summed E-state index contributed by atoms with van der Waals surface area (Å²) in [6, 6.07) is 13.8. The van der Waals surface area contributed by atoms with E-state index in [0.717, 1.165) is 15.6 Å². The van der Waals surface area contributed by atoms with Crippen molar-refractivity contribution in [1.29, 1.82) is 0 Å². The predicted octanol–water partition coefficient (Wildman–Crippen LogP) is 3.76. The van der Waals surface area contributed by atoms with Gasteiger partial charge in [0.05, 0.1) is 6.04 Å². The van der Waals surface area contributed by atoms with Crippen LogP contribution in [0.25, 0.3) is 0 Å². The number of hydrogen-bond acceptors (Lipinski definition) is 4. The van der Waals surface area contributed by atoms with Gasteiger partial charge in [0.15, 0.2) is 6.23 Å². The van der Waals surface area contributed by atoms with Crippen LogP contribution >= 0.6 is 15.9 Å². The van der Waals surface area contributed by atoms with Gasteiger partial charge in [0.2, 0.25) is 0 Å². The van der Waals surface area contributed by atoms with Crippen LogP contribution in [-0.2, 0) is 22.5 Å². The highest BCUT2D eigenvalue weighted by Crippen LogP contribution is 2.33. The van der Waals surface area contributed by atoms with Gasteiger partial charge in [-0.2, -0.15) is 13.2 Å². The molecule has 1 fully saturated rings. The zero-order chi connectivity index (χ0) is 21.5. The van der Waals surface area contributed by atoms with Gasteiger partial charge in [-0.3, -0.25) is 9.69 Å². The van der Waals surface area contributed by atoms with E-state index in [0.29, 0.717) is 25.1 Å². The summed E-state index contributed by atoms with van der Waals surface area (Å²) in [5.41, 5.74) is 2.11. The minimum absolute atomic E-state index is 0.269. The second-order valence-corrected chi connectivity index (χ2v) is 8.24. The lowest BCUT2D eigenvalue weighted by Gasteiger charge is -2.48. The molecule has 2 aromatic rings. The molecule has 2 aliphatic rings. The van der Waals surface area contributed by atoms with Crippen molar-refractivity contribution in [2.45, 2.75) is 31.4 Å². The number of esters is 1. The van der Waals surface area contributed by atoms with Gasteiger partial charge in [0.1, 0.15) is 0 Å². The first-order valence-electron chi connectivity index (χ1n) is 9.39. The van der Waals surface area contributed by atoms with Crippen LogP contribution in [0.3, 0.4) is 0 Å². The van der Waals surface area contributed by atoms with Crippen molar-refractivity contribution in [1.82, 2.24) is 9.80 Å². The molecule has 2 aromatic carbocycles. The summed E-state index contributed by atoms with van der Waals surface area (Å²) in [5.74, 6) is -2.52. The Kier molecular flexibility index (Phi) is 5.59. The standard InChI is InChI=1S/C21H18BrF3N2O3/c22-15-7-6-14-10-17-19(30-20(29)21(23,24)25)26(12-13-4-2-1-3-5-13)8-9-27(17)18(28)16(14)11-15/h1-7,11,17,19H,8-10,12H2. The summed E-state index contributed by atoms with van der Waals surface area (Å²) < 4.78 is 44.6. The highest BCUT2D eigenvalue weighted by molar-refractivity contribution is 9.10. The Morgan fingerprint density at radius 3 is 2.57 bits per heavy atom. The number of rotatable bonds is 3. The Bertz CT molecular complexity index is 968. The monoisotopic (exact) mass is 482 g/mol. The van der Waals surface area contributed by atoms with Crippen molar-refractivity contribution < 1.29 is 27.5 Å². The summed E-state index contributed by atoms with van der Waals surface area (Å²) >= 11 is 3.35. The quantitative estimate of drug-likeness (QED) is 0.625. The van der Waals surface area contributed by atoms with E-state index in [9.17, 15) is 22.8 Å². The number of alkyl halides is 3. The minimum Gasteiger partial charge on any atom is -0.437 e. The van der Waals surface area contributed by atoms with E-state index in [1.807, 2.05) is 30.3 Å². The van der Waals surface area contributed by atoms with Crippen LogP contribution in [-0.4, -0.2) is 53.2 Å². The third-order valence-electron chi connectivity index (χ3n) is 5.40. The van der Waals surface area contributed by atoms with Gasteiger partial charge in [0.25, 0.3) is 5.91 Å². The topological polar surface area (TPSA) is 49.9 Å². The molecule has 0 N–H and O–H groups in total. The maximum Gasteiger partial charge on any atom is 0.490 e. The highest BCUT2D eigenvalue weighted by atomic mass is 79.9. The number of halogens is 4. The fraction of sp³-hybridized carbons (Fsp3) is 0.333. The number of benzene rings is 2. The number of fused-ring (bicyclic) bond motifs is 2. The van der Waals surface area contributed by atoms with Gasteiger partial charge in [0, 0.05) is 29.7 Å². The van der Waals surface area contributed by atoms with Crippen LogP contribution in [0.1, 0.15) is 21.5 Å². The van der Waals surface area contributed by atoms with Crippen molar-refractivity contribution in [3.8, 4) is 0 Å². The molecule has 158 valence electrons. The number of carbonyl (C=O) groups excluding carboxylic acids is 2. The van der Waals surface area contributed by atoms with E-state index >= 15 is 0 Å². The predicted molar refractivity (Wildman–Crippen MR) is 105 cm³/mol. The molecule has 5 nitrogen and oxygen atoms in total. The van der Waals surface area contributed by atoms with Gasteiger partial charge < -0.3 is 9.64 Å². The van der Waals surface area contributed by atoms with Crippen LogP contribution < -0.4 is 0 Å². The van der Waals surface area contributed by atoms with Crippen LogP contribution in [0.2, 0.25) is 0 Å². The molecule has 0 aliphatic carbocycles. The number of nitrogens with zero attached hydrogens (tertiary/aromatic N) is 2. The smallest absolute Gasteiger partial charge is 0.437 e. The van der Waals surface area contributed by atoms with Crippen molar-refractivity contribution in [3.63, 3.8) is 0 Å². The Hall–Kier alpha value is -2.39. The molecule has 0 aromatic heterocycles. The molecule has 0 radical (unpaired) electrons.